The number of carbonyl (C=O) groups excluding carboxylic acids is 2. The van der Waals surface area contributed by atoms with Gasteiger partial charge in [-0.05, 0) is 36.4 Å². The highest BCUT2D eigenvalue weighted by Gasteiger charge is 2.19. The van der Waals surface area contributed by atoms with Gasteiger partial charge < -0.3 is 19.7 Å². The zero-order chi connectivity index (χ0) is 18.0. The third kappa shape index (κ3) is 3.44. The van der Waals surface area contributed by atoms with Crippen LogP contribution in [0.25, 0.3) is 0 Å². The highest BCUT2D eigenvalue weighted by molar-refractivity contribution is 6.32. The molecule has 0 unspecified atom stereocenters. The topological polar surface area (TPSA) is 67.9 Å². The number of benzene rings is 2. The van der Waals surface area contributed by atoms with Crippen LogP contribution in [0.5, 0.6) is 11.5 Å². The van der Waals surface area contributed by atoms with Gasteiger partial charge in [0.1, 0.15) is 0 Å². The van der Waals surface area contributed by atoms with Gasteiger partial charge in [0.2, 0.25) is 12.7 Å². The molecule has 1 aliphatic rings. The van der Waals surface area contributed by atoms with E-state index in [2.05, 4.69) is 11.9 Å². The Bertz CT molecular complexity index is 849. The van der Waals surface area contributed by atoms with Crippen LogP contribution in [0.15, 0.2) is 49.1 Å². The fourth-order valence-corrected chi connectivity index (χ4v) is 2.61. The minimum atomic E-state index is -0.306. The number of likely N-dealkylation sites (N-methyl/N-ethyl adjacent to an activating group) is 1. The Kier molecular flexibility index (Phi) is 4.63. The van der Waals surface area contributed by atoms with Gasteiger partial charge in [0, 0.05) is 30.1 Å². The lowest BCUT2D eigenvalue weighted by atomic mass is 10.1. The molecule has 0 aromatic heterocycles. The largest absolute Gasteiger partial charge is 0.453 e. The molecular formula is C18H15ClN2O4. The van der Waals surface area contributed by atoms with Gasteiger partial charge in [-0.2, -0.15) is 0 Å². The molecule has 6 nitrogen and oxygen atoms in total. The molecular weight excluding hydrogens is 344 g/mol. The van der Waals surface area contributed by atoms with E-state index in [-0.39, 0.29) is 18.6 Å². The second-order valence-electron chi connectivity index (χ2n) is 5.29. The Morgan fingerprint density at radius 1 is 1.24 bits per heavy atom. The van der Waals surface area contributed by atoms with Gasteiger partial charge in [-0.15, -0.1) is 0 Å². The molecule has 2 aromatic rings. The summed E-state index contributed by atoms with van der Waals surface area (Å²) in [6, 6.07) is 9.87. The summed E-state index contributed by atoms with van der Waals surface area (Å²) in [4.78, 5) is 25.4. The van der Waals surface area contributed by atoms with E-state index in [0.717, 1.165) is 0 Å². The van der Waals surface area contributed by atoms with Crippen LogP contribution in [0, 0.1) is 0 Å². The maximum atomic E-state index is 12.4. The number of rotatable bonds is 4. The summed E-state index contributed by atoms with van der Waals surface area (Å²) in [5.74, 6) is 0.424. The molecule has 2 aromatic carbocycles. The minimum absolute atomic E-state index is 0.102. The van der Waals surface area contributed by atoms with Gasteiger partial charge in [-0.3, -0.25) is 9.59 Å². The number of hydrogen-bond acceptors (Lipinski definition) is 4. The van der Waals surface area contributed by atoms with Crippen LogP contribution in [0.3, 0.4) is 0 Å². The normalized spacial score (nSPS) is 11.8. The Balaban J connectivity index is 1.75. The Hall–Kier alpha value is -2.99. The van der Waals surface area contributed by atoms with Crippen LogP contribution in [-0.2, 0) is 4.79 Å². The molecule has 0 fully saturated rings. The van der Waals surface area contributed by atoms with Crippen molar-refractivity contribution in [1.82, 2.24) is 0 Å². The fourth-order valence-electron chi connectivity index (χ4n) is 2.34. The Morgan fingerprint density at radius 3 is 2.64 bits per heavy atom. The van der Waals surface area contributed by atoms with Gasteiger partial charge in [-0.25, -0.2) is 0 Å². The maximum Gasteiger partial charge on any atom is 0.255 e. The first-order valence-electron chi connectivity index (χ1n) is 7.40. The Labute approximate surface area is 149 Å². The molecule has 1 aliphatic heterocycles. The van der Waals surface area contributed by atoms with E-state index in [9.17, 15) is 9.59 Å². The standard InChI is InChI=1S/C18H15ClN2O4/c1-3-16(22)21(2)13-6-4-11(5-7-13)18(23)20-12-8-14(19)17-15(9-12)24-10-25-17/h3-9H,1,10H2,2H3,(H,20,23). The number of carbonyl (C=O) groups is 2. The van der Waals surface area contributed by atoms with E-state index in [1.54, 1.807) is 43.4 Å². The average molecular weight is 359 g/mol. The molecule has 0 radical (unpaired) electrons. The van der Waals surface area contributed by atoms with Crippen LogP contribution in [0.4, 0.5) is 11.4 Å². The highest BCUT2D eigenvalue weighted by atomic mass is 35.5. The van der Waals surface area contributed by atoms with Crippen molar-refractivity contribution in [3.8, 4) is 11.5 Å². The molecule has 0 atom stereocenters. The van der Waals surface area contributed by atoms with Gasteiger partial charge in [0.25, 0.3) is 5.91 Å². The molecule has 0 saturated carbocycles. The summed E-state index contributed by atoms with van der Waals surface area (Å²) in [6.45, 7) is 3.55. The van der Waals surface area contributed by atoms with E-state index in [0.29, 0.717) is 33.5 Å². The van der Waals surface area contributed by atoms with E-state index in [1.807, 2.05) is 0 Å². The highest BCUT2D eigenvalue weighted by Crippen LogP contribution is 2.41. The van der Waals surface area contributed by atoms with E-state index < -0.39 is 0 Å². The lowest BCUT2D eigenvalue weighted by Crippen LogP contribution is -2.23. The molecule has 25 heavy (non-hydrogen) atoms. The molecule has 0 aliphatic carbocycles. The summed E-state index contributed by atoms with van der Waals surface area (Å²) in [6.07, 6.45) is 1.23. The van der Waals surface area contributed by atoms with Crippen LogP contribution in [-0.4, -0.2) is 25.7 Å². The molecule has 1 heterocycles. The summed E-state index contributed by atoms with van der Waals surface area (Å²) in [5, 5.41) is 3.12. The van der Waals surface area contributed by atoms with Crippen molar-refractivity contribution in [2.45, 2.75) is 0 Å². The second-order valence-corrected chi connectivity index (χ2v) is 5.70. The molecule has 0 saturated heterocycles. The van der Waals surface area contributed by atoms with Crippen molar-refractivity contribution in [3.63, 3.8) is 0 Å². The SMILES string of the molecule is C=CC(=O)N(C)c1ccc(C(=O)Nc2cc(Cl)c3c(c2)OCO3)cc1. The molecule has 1 N–H and O–H groups in total. The van der Waals surface area contributed by atoms with Crippen LogP contribution in [0.2, 0.25) is 5.02 Å². The van der Waals surface area contributed by atoms with Crippen LogP contribution >= 0.6 is 11.6 Å². The van der Waals surface area contributed by atoms with Crippen LogP contribution in [0.1, 0.15) is 10.4 Å². The molecule has 0 bridgehead atoms. The van der Waals surface area contributed by atoms with Crippen LogP contribution < -0.4 is 19.7 Å². The van der Waals surface area contributed by atoms with Gasteiger partial charge >= 0.3 is 0 Å². The number of fused-ring (bicyclic) bond motifs is 1. The lowest BCUT2D eigenvalue weighted by molar-refractivity contribution is -0.113. The zero-order valence-corrected chi connectivity index (χ0v) is 14.2. The summed E-state index contributed by atoms with van der Waals surface area (Å²) >= 11 is 6.10. The third-order valence-corrected chi connectivity index (χ3v) is 3.99. The molecule has 7 heteroatoms. The lowest BCUT2D eigenvalue weighted by Gasteiger charge is -2.15. The summed E-state index contributed by atoms with van der Waals surface area (Å²) in [7, 11) is 1.63. The Morgan fingerprint density at radius 2 is 1.96 bits per heavy atom. The number of anilines is 2. The number of ether oxygens (including phenoxy) is 2. The smallest absolute Gasteiger partial charge is 0.255 e. The van der Waals surface area contributed by atoms with Crippen molar-refractivity contribution in [3.05, 3.63) is 59.6 Å². The quantitative estimate of drug-likeness (QED) is 0.850. The van der Waals surface area contributed by atoms with Crippen molar-refractivity contribution >= 4 is 34.8 Å². The van der Waals surface area contributed by atoms with Crippen molar-refractivity contribution < 1.29 is 19.1 Å². The van der Waals surface area contributed by atoms with Gasteiger partial charge in [0.05, 0.1) is 5.02 Å². The monoisotopic (exact) mass is 358 g/mol. The second kappa shape index (κ2) is 6.86. The molecule has 128 valence electrons. The van der Waals surface area contributed by atoms with E-state index in [1.165, 1.54) is 11.0 Å². The number of amides is 2. The minimum Gasteiger partial charge on any atom is -0.453 e. The van der Waals surface area contributed by atoms with Crippen molar-refractivity contribution in [2.24, 2.45) is 0 Å². The maximum absolute atomic E-state index is 12.4. The predicted octanol–water partition coefficient (Wildman–Crippen LogP) is 3.47. The van der Waals surface area contributed by atoms with E-state index >= 15 is 0 Å². The summed E-state index contributed by atoms with van der Waals surface area (Å²) in [5.41, 5.74) is 1.60. The number of halogens is 1. The predicted molar refractivity (Wildman–Crippen MR) is 95.6 cm³/mol. The number of nitrogens with one attached hydrogen (secondary N) is 1. The first-order valence-corrected chi connectivity index (χ1v) is 7.78. The fraction of sp³-hybridized carbons (Fsp3) is 0.111. The third-order valence-electron chi connectivity index (χ3n) is 3.71. The molecule has 0 spiro atoms. The number of hydrogen-bond donors (Lipinski definition) is 1. The van der Waals surface area contributed by atoms with E-state index in [4.69, 9.17) is 21.1 Å². The molecule has 3 rings (SSSR count). The zero-order valence-electron chi connectivity index (χ0n) is 13.4. The van der Waals surface area contributed by atoms with Gasteiger partial charge in [-0.1, -0.05) is 18.2 Å². The van der Waals surface area contributed by atoms with Gasteiger partial charge in [0.15, 0.2) is 11.5 Å². The first kappa shape index (κ1) is 16.9. The first-order chi connectivity index (χ1) is 12.0. The molecule has 2 amide bonds. The van der Waals surface area contributed by atoms with Crippen molar-refractivity contribution in [1.29, 1.82) is 0 Å². The summed E-state index contributed by atoms with van der Waals surface area (Å²) < 4.78 is 10.5. The average Bonchev–Trinajstić information content (AvgIpc) is 3.09. The van der Waals surface area contributed by atoms with Crippen molar-refractivity contribution in [2.75, 3.05) is 24.1 Å². The number of nitrogens with zero attached hydrogens (tertiary/aromatic N) is 1.